The van der Waals surface area contributed by atoms with Gasteiger partial charge in [0.25, 0.3) is 0 Å². The first kappa shape index (κ1) is 12.3. The Morgan fingerprint density at radius 2 is 2.06 bits per heavy atom. The topological polar surface area (TPSA) is 18.5 Å². The predicted molar refractivity (Wildman–Crippen MR) is 74.7 cm³/mol. The van der Waals surface area contributed by atoms with Gasteiger partial charge in [-0.2, -0.15) is 0 Å². The summed E-state index contributed by atoms with van der Waals surface area (Å²) in [6.45, 7) is 1.48. The molecule has 0 bridgehead atoms. The number of allylic oxidation sites excluding steroid dienone is 1. The van der Waals surface area contributed by atoms with E-state index in [1.54, 1.807) is 11.8 Å². The largest absolute Gasteiger partial charge is 0.347 e. The summed E-state index contributed by atoms with van der Waals surface area (Å²) in [6, 6.07) is 8.75. The molecule has 1 aromatic carbocycles. The van der Waals surface area contributed by atoms with E-state index in [4.69, 9.17) is 9.47 Å². The quantitative estimate of drug-likeness (QED) is 0.757. The first-order valence-corrected chi connectivity index (χ1v) is 7.65. The van der Waals surface area contributed by atoms with Gasteiger partial charge in [0.1, 0.15) is 0 Å². The zero-order valence-corrected chi connectivity index (χ0v) is 11.5. The lowest BCUT2D eigenvalue weighted by atomic mass is 9.90. The van der Waals surface area contributed by atoms with Gasteiger partial charge >= 0.3 is 0 Å². The fourth-order valence-corrected chi connectivity index (χ4v) is 3.11. The first-order chi connectivity index (χ1) is 8.81. The Morgan fingerprint density at radius 1 is 1.22 bits per heavy atom. The van der Waals surface area contributed by atoms with Crippen molar-refractivity contribution in [2.24, 2.45) is 0 Å². The number of hydrogen-bond donors (Lipinski definition) is 0. The molecule has 1 saturated heterocycles. The molecule has 0 saturated carbocycles. The van der Waals surface area contributed by atoms with Crippen LogP contribution in [0.15, 0.2) is 35.2 Å². The zero-order valence-electron chi connectivity index (χ0n) is 10.6. The highest BCUT2D eigenvalue weighted by atomic mass is 32.2. The van der Waals surface area contributed by atoms with Gasteiger partial charge in [-0.3, -0.25) is 0 Å². The maximum Gasteiger partial charge on any atom is 0.172 e. The number of hydrogen-bond acceptors (Lipinski definition) is 3. The molecule has 0 amide bonds. The van der Waals surface area contributed by atoms with Crippen LogP contribution >= 0.6 is 11.8 Å². The number of ether oxygens (including phenoxy) is 2. The normalized spacial score (nSPS) is 22.2. The number of rotatable bonds is 2. The summed E-state index contributed by atoms with van der Waals surface area (Å²) in [4.78, 5) is 1.32. The molecule has 1 spiro atoms. The van der Waals surface area contributed by atoms with Gasteiger partial charge in [-0.05, 0) is 35.9 Å². The van der Waals surface area contributed by atoms with E-state index in [0.717, 1.165) is 32.5 Å². The van der Waals surface area contributed by atoms with Crippen molar-refractivity contribution in [2.75, 3.05) is 19.5 Å². The highest BCUT2D eigenvalue weighted by Gasteiger charge is 2.37. The average Bonchev–Trinajstić information content (AvgIpc) is 2.88. The molecular formula is C15H18O2S. The van der Waals surface area contributed by atoms with E-state index in [9.17, 15) is 0 Å². The molecule has 2 aliphatic rings. The molecule has 1 aromatic rings. The SMILES string of the molecule is CSc1cccc(C2=CCC3(CC2)OCCO3)c1. The van der Waals surface area contributed by atoms with Crippen molar-refractivity contribution in [3.05, 3.63) is 35.9 Å². The Balaban J connectivity index is 1.79. The summed E-state index contributed by atoms with van der Waals surface area (Å²) in [7, 11) is 0. The lowest BCUT2D eigenvalue weighted by molar-refractivity contribution is -0.159. The molecular weight excluding hydrogens is 244 g/mol. The van der Waals surface area contributed by atoms with E-state index in [1.165, 1.54) is 16.0 Å². The predicted octanol–water partition coefficient (Wildman–Crippen LogP) is 3.72. The van der Waals surface area contributed by atoms with Gasteiger partial charge in [-0.1, -0.05) is 18.2 Å². The van der Waals surface area contributed by atoms with E-state index >= 15 is 0 Å². The summed E-state index contributed by atoms with van der Waals surface area (Å²) >= 11 is 1.79. The van der Waals surface area contributed by atoms with Crippen molar-refractivity contribution in [3.63, 3.8) is 0 Å². The van der Waals surface area contributed by atoms with E-state index in [-0.39, 0.29) is 5.79 Å². The van der Waals surface area contributed by atoms with E-state index in [1.807, 2.05) is 0 Å². The van der Waals surface area contributed by atoms with Crippen LogP contribution in [0.4, 0.5) is 0 Å². The van der Waals surface area contributed by atoms with E-state index < -0.39 is 0 Å². The van der Waals surface area contributed by atoms with Gasteiger partial charge in [0.15, 0.2) is 5.79 Å². The van der Waals surface area contributed by atoms with Crippen LogP contribution < -0.4 is 0 Å². The molecule has 1 fully saturated rings. The maximum atomic E-state index is 5.74. The Hall–Kier alpha value is -0.770. The van der Waals surface area contributed by atoms with Gasteiger partial charge in [0.05, 0.1) is 13.2 Å². The molecule has 3 rings (SSSR count). The Kier molecular flexibility index (Phi) is 3.46. The second-order valence-electron chi connectivity index (χ2n) is 4.77. The van der Waals surface area contributed by atoms with Crippen molar-refractivity contribution >= 4 is 17.3 Å². The molecule has 0 aromatic heterocycles. The Bertz CT molecular complexity index is 461. The molecule has 0 radical (unpaired) electrons. The van der Waals surface area contributed by atoms with Crippen molar-refractivity contribution in [2.45, 2.75) is 29.9 Å². The second-order valence-corrected chi connectivity index (χ2v) is 5.65. The monoisotopic (exact) mass is 262 g/mol. The summed E-state index contributed by atoms with van der Waals surface area (Å²) in [5, 5.41) is 0. The molecule has 0 atom stereocenters. The zero-order chi connectivity index (χ0) is 12.4. The molecule has 0 unspecified atom stereocenters. The van der Waals surface area contributed by atoms with Crippen LogP contribution in [0.1, 0.15) is 24.8 Å². The average molecular weight is 262 g/mol. The van der Waals surface area contributed by atoms with Crippen LogP contribution in [0.3, 0.4) is 0 Å². The summed E-state index contributed by atoms with van der Waals surface area (Å²) in [5.74, 6) is -0.305. The van der Waals surface area contributed by atoms with E-state index in [2.05, 4.69) is 36.6 Å². The lowest BCUT2D eigenvalue weighted by Crippen LogP contribution is -2.31. The number of thioether (sulfide) groups is 1. The fraction of sp³-hybridized carbons (Fsp3) is 0.467. The highest BCUT2D eigenvalue weighted by Crippen LogP contribution is 2.38. The fourth-order valence-electron chi connectivity index (χ4n) is 2.65. The van der Waals surface area contributed by atoms with E-state index in [0.29, 0.717) is 0 Å². The summed E-state index contributed by atoms with van der Waals surface area (Å²) in [5.41, 5.74) is 2.77. The summed E-state index contributed by atoms with van der Waals surface area (Å²) in [6.07, 6.45) is 7.30. The third-order valence-electron chi connectivity index (χ3n) is 3.69. The highest BCUT2D eigenvalue weighted by molar-refractivity contribution is 7.98. The van der Waals surface area contributed by atoms with Crippen molar-refractivity contribution in [1.82, 2.24) is 0 Å². The maximum absolute atomic E-state index is 5.74. The van der Waals surface area contributed by atoms with Gasteiger partial charge in [0.2, 0.25) is 0 Å². The third-order valence-corrected chi connectivity index (χ3v) is 4.41. The standard InChI is InChI=1S/C15H18O2S/c1-18-14-4-2-3-13(11-14)12-5-7-15(8-6-12)16-9-10-17-15/h2-5,11H,6-10H2,1H3. The molecule has 1 heterocycles. The van der Waals surface area contributed by atoms with Crippen molar-refractivity contribution in [1.29, 1.82) is 0 Å². The Morgan fingerprint density at radius 3 is 2.72 bits per heavy atom. The van der Waals surface area contributed by atoms with Crippen LogP contribution in [-0.4, -0.2) is 25.3 Å². The van der Waals surface area contributed by atoms with Crippen LogP contribution in [0.2, 0.25) is 0 Å². The van der Waals surface area contributed by atoms with Gasteiger partial charge in [-0.15, -0.1) is 11.8 Å². The molecule has 0 N–H and O–H groups in total. The van der Waals surface area contributed by atoms with Crippen LogP contribution in [-0.2, 0) is 9.47 Å². The van der Waals surface area contributed by atoms with Gasteiger partial charge in [-0.25, -0.2) is 0 Å². The lowest BCUT2D eigenvalue weighted by Gasteiger charge is -2.30. The van der Waals surface area contributed by atoms with Crippen molar-refractivity contribution in [3.8, 4) is 0 Å². The third kappa shape index (κ3) is 2.35. The second kappa shape index (κ2) is 5.08. The smallest absolute Gasteiger partial charge is 0.172 e. The van der Waals surface area contributed by atoms with Gasteiger partial charge in [0, 0.05) is 17.7 Å². The molecule has 1 aliphatic heterocycles. The number of benzene rings is 1. The summed E-state index contributed by atoms with van der Waals surface area (Å²) < 4.78 is 11.5. The molecule has 96 valence electrons. The molecule has 3 heteroatoms. The molecule has 2 nitrogen and oxygen atoms in total. The molecule has 18 heavy (non-hydrogen) atoms. The minimum atomic E-state index is -0.305. The minimum absolute atomic E-state index is 0.305. The van der Waals surface area contributed by atoms with Gasteiger partial charge < -0.3 is 9.47 Å². The molecule has 1 aliphatic carbocycles. The van der Waals surface area contributed by atoms with Crippen LogP contribution in [0, 0.1) is 0 Å². The van der Waals surface area contributed by atoms with Crippen LogP contribution in [0.5, 0.6) is 0 Å². The first-order valence-electron chi connectivity index (χ1n) is 6.43. The minimum Gasteiger partial charge on any atom is -0.347 e. The van der Waals surface area contributed by atoms with Crippen molar-refractivity contribution < 1.29 is 9.47 Å². The Labute approximate surface area is 112 Å². The van der Waals surface area contributed by atoms with Crippen LogP contribution in [0.25, 0.3) is 5.57 Å².